The molecule has 5 amide bonds. The van der Waals surface area contributed by atoms with Crippen molar-refractivity contribution in [2.75, 3.05) is 16.0 Å². The van der Waals surface area contributed by atoms with Gasteiger partial charge in [-0.15, -0.1) is 0 Å². The van der Waals surface area contributed by atoms with Crippen LogP contribution in [0.5, 0.6) is 17.2 Å². The van der Waals surface area contributed by atoms with Gasteiger partial charge in [0.1, 0.15) is 25.6 Å². The predicted molar refractivity (Wildman–Crippen MR) is 357 cm³/mol. The number of aryl methyl sites for hydroxylation is 3. The number of benzene rings is 6. The van der Waals surface area contributed by atoms with Crippen molar-refractivity contribution in [1.82, 2.24) is 16.0 Å². The lowest BCUT2D eigenvalue weighted by molar-refractivity contribution is -0.123. The molecule has 4 aliphatic rings. The van der Waals surface area contributed by atoms with Crippen LogP contribution >= 0.6 is 0 Å². The number of nitrogens with one attached hydrogen (secondary N) is 6. The van der Waals surface area contributed by atoms with E-state index in [4.69, 9.17) is 14.2 Å². The van der Waals surface area contributed by atoms with E-state index in [1.807, 2.05) is 135 Å². The van der Waals surface area contributed by atoms with Crippen molar-refractivity contribution in [3.05, 3.63) is 177 Å². The third kappa shape index (κ3) is 15.3. The van der Waals surface area contributed by atoms with Crippen molar-refractivity contribution in [3.63, 3.8) is 0 Å². The highest BCUT2D eigenvalue weighted by atomic mass is 16.5. The Labute approximate surface area is 533 Å². The third-order valence-electron chi connectivity index (χ3n) is 20.1. The molecule has 12 bridgehead atoms. The number of fused-ring (bicyclic) bond motifs is 12. The summed E-state index contributed by atoms with van der Waals surface area (Å²) in [6.45, 7) is 21.7. The lowest BCUT2D eigenvalue weighted by Crippen LogP contribution is -2.48. The molecular weight excluding hydrogens is 1120 g/mol. The number of hydrogen-bond donors (Lipinski definition) is 6. The maximum Gasteiger partial charge on any atom is 0.255 e. The molecular formula is C76H94N6O8. The van der Waals surface area contributed by atoms with Crippen molar-refractivity contribution in [2.24, 2.45) is 53.3 Å². The molecule has 1 aliphatic heterocycles. The Bertz CT molecular complexity index is 3500. The van der Waals surface area contributed by atoms with Gasteiger partial charge in [0.25, 0.3) is 11.8 Å². The van der Waals surface area contributed by atoms with Gasteiger partial charge in [0.15, 0.2) is 11.5 Å². The third-order valence-corrected chi connectivity index (χ3v) is 20.1. The van der Waals surface area contributed by atoms with Crippen LogP contribution in [0.3, 0.4) is 0 Å². The lowest BCUT2D eigenvalue weighted by Gasteiger charge is -2.40. The first-order valence-corrected chi connectivity index (χ1v) is 33.2. The number of amides is 5. The highest BCUT2D eigenvalue weighted by Gasteiger charge is 2.42. The number of carbonyl (C=O) groups is 5. The minimum Gasteiger partial charge on any atom is -0.486 e. The predicted octanol–water partition coefficient (Wildman–Crippen LogP) is 14.6. The normalized spacial score (nSPS) is 26.7. The van der Waals surface area contributed by atoms with E-state index in [1.54, 1.807) is 0 Å². The second kappa shape index (κ2) is 29.3. The van der Waals surface area contributed by atoms with E-state index < -0.39 is 23.8 Å². The second-order valence-corrected chi connectivity index (χ2v) is 26.7. The Morgan fingerprint density at radius 3 is 1.06 bits per heavy atom. The average Bonchev–Trinajstić information content (AvgIpc) is 1.79. The summed E-state index contributed by atoms with van der Waals surface area (Å²) >= 11 is 0. The fourth-order valence-electron chi connectivity index (χ4n) is 14.6. The molecule has 6 aromatic rings. The van der Waals surface area contributed by atoms with Crippen molar-refractivity contribution in [3.8, 4) is 17.2 Å². The maximum atomic E-state index is 15.2. The number of anilines is 3. The summed E-state index contributed by atoms with van der Waals surface area (Å²) in [6.07, 6.45) is 5.30. The Hall–Kier alpha value is -7.97. The van der Waals surface area contributed by atoms with Gasteiger partial charge >= 0.3 is 0 Å². The Balaban J connectivity index is 1.07. The molecule has 3 fully saturated rings. The van der Waals surface area contributed by atoms with Crippen LogP contribution in [0.2, 0.25) is 0 Å². The molecule has 10 rings (SSSR count). The van der Waals surface area contributed by atoms with Crippen molar-refractivity contribution < 1.29 is 38.2 Å². The molecule has 1 heterocycles. The summed E-state index contributed by atoms with van der Waals surface area (Å²) in [5, 5.41) is 20.8. The largest absolute Gasteiger partial charge is 0.486 e. The molecule has 14 heteroatoms. The molecule has 6 aromatic carbocycles. The standard InChI is InChI=1S/C76H94N6O8/c1-11-51-32-60-50(10)77-63-38-57(44(4)29-47(63)7)72(83)81-67-36-52(12-2)33-61(70(67)89-42-55-25-19-15-20-26-55)75(86)79-65-40-59(46(6)31-49(65)9)74(85)82-68-37-53(13-3)34-62(71(68)90-43-56-27-21-16-22-28-56)76(87)78-64-39-58(45(5)30-48(64)8)73(84)80-66(35-51)69(60)88-41-54-23-17-14-18-24-54/h14-28,32-37,44-50,57-59,63-65,77H,11-13,29-31,38-43H2,1-10H3,(H,78,87)(H,79,86)(H,80,84)(H,81,83)(H,82,85)/t44-,45-,46-,47+,48+,49+,50?,57-,58-,59-,63+,64+,65+/m1/s1. The summed E-state index contributed by atoms with van der Waals surface area (Å²) in [7, 11) is 0. The number of carbonyl (C=O) groups excluding carboxylic acids is 5. The van der Waals surface area contributed by atoms with Crippen molar-refractivity contribution in [1.29, 1.82) is 0 Å². The van der Waals surface area contributed by atoms with Gasteiger partial charge < -0.3 is 46.1 Å². The molecule has 1 unspecified atom stereocenters. The number of ether oxygens (including phenoxy) is 3. The number of rotatable bonds is 12. The minimum absolute atomic E-state index is 0.00838. The van der Waals surface area contributed by atoms with Crippen molar-refractivity contribution in [2.45, 2.75) is 171 Å². The van der Waals surface area contributed by atoms with Crippen LogP contribution in [0.25, 0.3) is 0 Å². The zero-order chi connectivity index (χ0) is 63.8. The molecule has 6 N–H and O–H groups in total. The summed E-state index contributed by atoms with van der Waals surface area (Å²) in [5.41, 5.74) is 8.36. The van der Waals surface area contributed by atoms with E-state index in [2.05, 4.69) is 93.4 Å². The van der Waals surface area contributed by atoms with Gasteiger partial charge in [0.05, 0.1) is 28.2 Å². The van der Waals surface area contributed by atoms with Gasteiger partial charge in [-0.25, -0.2) is 0 Å². The van der Waals surface area contributed by atoms with Crippen LogP contribution in [0.1, 0.15) is 173 Å². The molecule has 3 aliphatic carbocycles. The van der Waals surface area contributed by atoms with Crippen LogP contribution < -0.4 is 46.1 Å². The Morgan fingerprint density at radius 2 is 0.689 bits per heavy atom. The van der Waals surface area contributed by atoms with Crippen molar-refractivity contribution >= 4 is 46.6 Å². The minimum atomic E-state index is -0.529. The van der Waals surface area contributed by atoms with Gasteiger partial charge in [-0.05, 0) is 164 Å². The van der Waals surface area contributed by atoms with E-state index in [0.717, 1.165) is 45.4 Å². The quantitative estimate of drug-likeness (QED) is 0.0694. The molecule has 14 nitrogen and oxygen atoms in total. The van der Waals surface area contributed by atoms with Gasteiger partial charge in [0.2, 0.25) is 17.7 Å². The molecule has 476 valence electrons. The average molecular weight is 1220 g/mol. The van der Waals surface area contributed by atoms with Gasteiger partial charge in [0, 0.05) is 47.5 Å². The fourth-order valence-corrected chi connectivity index (χ4v) is 14.6. The van der Waals surface area contributed by atoms with Gasteiger partial charge in [-0.3, -0.25) is 24.0 Å². The molecule has 13 atom stereocenters. The SMILES string of the molecule is CCc1cc2c(OCc3ccccc3)c(c1)C(=O)N[C@H]1C[C@@H](C(=O)Nc3cc(CC)cc(c3OCc3ccccc3)C(C)N[C@H]3C[C@@H](C(=O)Nc4cc(CC)cc(c4OCc4ccccc4)C(=O)N[C@H]4C[C@@H](C(=O)N2)[C@H](C)C[C@@H]4C)[C@H](C)C[C@@H]3C)[C@H](C)C[C@@H]1C. The monoisotopic (exact) mass is 1220 g/mol. The first kappa shape index (κ1) is 65.0. The van der Waals surface area contributed by atoms with Crippen LogP contribution in [-0.4, -0.2) is 47.7 Å². The van der Waals surface area contributed by atoms with Crippen LogP contribution in [0.15, 0.2) is 127 Å². The fraction of sp³-hybridized carbons (Fsp3) is 0.461. The van der Waals surface area contributed by atoms with E-state index in [0.29, 0.717) is 79.7 Å². The molecule has 0 aromatic heterocycles. The molecule has 0 spiro atoms. The van der Waals surface area contributed by atoms with E-state index in [9.17, 15) is 0 Å². The van der Waals surface area contributed by atoms with E-state index in [-0.39, 0.29) is 120 Å². The molecule has 0 radical (unpaired) electrons. The Morgan fingerprint density at radius 1 is 0.367 bits per heavy atom. The molecule has 3 saturated carbocycles. The second-order valence-electron chi connectivity index (χ2n) is 26.7. The molecule has 0 saturated heterocycles. The van der Waals surface area contributed by atoms with Crippen LogP contribution in [0.4, 0.5) is 17.1 Å². The van der Waals surface area contributed by atoms with Crippen LogP contribution in [0, 0.1) is 53.3 Å². The summed E-state index contributed by atoms with van der Waals surface area (Å²) in [4.78, 5) is 75.9. The Kier molecular flexibility index (Phi) is 21.2. The van der Waals surface area contributed by atoms with Gasteiger partial charge in [-0.2, -0.15) is 0 Å². The zero-order valence-electron chi connectivity index (χ0n) is 54.4. The summed E-state index contributed by atoms with van der Waals surface area (Å²) in [6, 6.07) is 40.1. The van der Waals surface area contributed by atoms with E-state index in [1.165, 1.54) is 0 Å². The lowest BCUT2D eigenvalue weighted by atomic mass is 9.72. The highest BCUT2D eigenvalue weighted by molar-refractivity contribution is 6.04. The van der Waals surface area contributed by atoms with Crippen LogP contribution in [-0.2, 0) is 53.5 Å². The summed E-state index contributed by atoms with van der Waals surface area (Å²) in [5.74, 6) is -1.33. The smallest absolute Gasteiger partial charge is 0.255 e. The van der Waals surface area contributed by atoms with E-state index >= 15 is 24.0 Å². The first-order chi connectivity index (χ1) is 43.4. The zero-order valence-corrected chi connectivity index (χ0v) is 54.4. The highest BCUT2D eigenvalue weighted by Crippen LogP contribution is 2.44. The van der Waals surface area contributed by atoms with Gasteiger partial charge in [-0.1, -0.05) is 159 Å². The number of hydrogen-bond acceptors (Lipinski definition) is 9. The first-order valence-electron chi connectivity index (χ1n) is 33.2. The molecule has 90 heavy (non-hydrogen) atoms. The topological polar surface area (TPSA) is 185 Å². The maximum absolute atomic E-state index is 15.2. The summed E-state index contributed by atoms with van der Waals surface area (Å²) < 4.78 is 20.3.